The standard InChI is InChI=1S/C15H28N2O2/c18-12-15(8-4-1-5-9-15)11-17-14(19)10-16-13-6-2-3-7-13/h13,16,18H,1-12H2,(H,17,19). The molecule has 0 bridgehead atoms. The summed E-state index contributed by atoms with van der Waals surface area (Å²) in [4.78, 5) is 11.8. The minimum absolute atomic E-state index is 0.0543. The molecule has 0 unspecified atom stereocenters. The minimum atomic E-state index is -0.0543. The molecular weight excluding hydrogens is 240 g/mol. The van der Waals surface area contributed by atoms with E-state index in [9.17, 15) is 9.90 Å². The van der Waals surface area contributed by atoms with E-state index in [0.717, 1.165) is 12.8 Å². The summed E-state index contributed by atoms with van der Waals surface area (Å²) < 4.78 is 0. The third-order valence-electron chi connectivity index (χ3n) is 4.82. The lowest BCUT2D eigenvalue weighted by molar-refractivity contribution is -0.121. The highest BCUT2D eigenvalue weighted by Gasteiger charge is 2.31. The van der Waals surface area contributed by atoms with Crippen LogP contribution in [-0.2, 0) is 4.79 Å². The molecule has 4 nitrogen and oxygen atoms in total. The maximum Gasteiger partial charge on any atom is 0.233 e. The zero-order chi connectivity index (χ0) is 13.6. The Morgan fingerprint density at radius 2 is 1.79 bits per heavy atom. The minimum Gasteiger partial charge on any atom is -0.396 e. The molecule has 2 aliphatic rings. The fourth-order valence-electron chi connectivity index (χ4n) is 3.41. The van der Waals surface area contributed by atoms with E-state index < -0.39 is 0 Å². The van der Waals surface area contributed by atoms with Crippen LogP contribution >= 0.6 is 0 Å². The van der Waals surface area contributed by atoms with Crippen LogP contribution in [-0.4, -0.2) is 36.8 Å². The first-order chi connectivity index (χ1) is 9.24. The third-order valence-corrected chi connectivity index (χ3v) is 4.82. The molecule has 2 fully saturated rings. The first kappa shape index (κ1) is 14.8. The fraction of sp³-hybridized carbons (Fsp3) is 0.933. The second kappa shape index (κ2) is 7.25. The second-order valence-electron chi connectivity index (χ2n) is 6.36. The lowest BCUT2D eigenvalue weighted by Gasteiger charge is -2.35. The van der Waals surface area contributed by atoms with E-state index in [-0.39, 0.29) is 17.9 Å². The number of nitrogens with one attached hydrogen (secondary N) is 2. The number of hydrogen-bond acceptors (Lipinski definition) is 3. The summed E-state index contributed by atoms with van der Waals surface area (Å²) in [6.07, 6.45) is 10.7. The summed E-state index contributed by atoms with van der Waals surface area (Å²) in [5.41, 5.74) is -0.0543. The number of amides is 1. The monoisotopic (exact) mass is 268 g/mol. The molecule has 2 saturated carbocycles. The van der Waals surface area contributed by atoms with Gasteiger partial charge in [-0.25, -0.2) is 0 Å². The van der Waals surface area contributed by atoms with Crippen molar-refractivity contribution in [1.82, 2.24) is 10.6 Å². The fourth-order valence-corrected chi connectivity index (χ4v) is 3.41. The Balaban J connectivity index is 1.66. The molecule has 19 heavy (non-hydrogen) atoms. The number of aliphatic hydroxyl groups is 1. The lowest BCUT2D eigenvalue weighted by Crippen LogP contribution is -2.45. The molecule has 1 amide bonds. The van der Waals surface area contributed by atoms with E-state index in [2.05, 4.69) is 10.6 Å². The Labute approximate surface area is 116 Å². The van der Waals surface area contributed by atoms with Crippen LogP contribution in [0.1, 0.15) is 57.8 Å². The molecule has 0 heterocycles. The molecule has 0 atom stereocenters. The Morgan fingerprint density at radius 1 is 1.11 bits per heavy atom. The average Bonchev–Trinajstić information content (AvgIpc) is 2.97. The molecule has 0 aliphatic heterocycles. The summed E-state index contributed by atoms with van der Waals surface area (Å²) in [5, 5.41) is 15.9. The highest BCUT2D eigenvalue weighted by molar-refractivity contribution is 5.78. The van der Waals surface area contributed by atoms with Gasteiger partial charge >= 0.3 is 0 Å². The maximum atomic E-state index is 11.8. The molecule has 4 heteroatoms. The number of hydrogen-bond donors (Lipinski definition) is 3. The van der Waals surface area contributed by atoms with Crippen molar-refractivity contribution in [1.29, 1.82) is 0 Å². The average molecular weight is 268 g/mol. The van der Waals surface area contributed by atoms with E-state index in [1.807, 2.05) is 0 Å². The Bertz CT molecular complexity index is 282. The van der Waals surface area contributed by atoms with Gasteiger partial charge in [-0.2, -0.15) is 0 Å². The normalized spacial score (nSPS) is 23.4. The van der Waals surface area contributed by atoms with Crippen LogP contribution in [0.25, 0.3) is 0 Å². The van der Waals surface area contributed by atoms with Gasteiger partial charge < -0.3 is 15.7 Å². The van der Waals surface area contributed by atoms with Crippen LogP contribution in [0.5, 0.6) is 0 Å². The van der Waals surface area contributed by atoms with Crippen molar-refractivity contribution in [3.63, 3.8) is 0 Å². The van der Waals surface area contributed by atoms with Crippen LogP contribution in [0.4, 0.5) is 0 Å². The Hall–Kier alpha value is -0.610. The van der Waals surface area contributed by atoms with E-state index >= 15 is 0 Å². The van der Waals surface area contributed by atoms with Crippen LogP contribution in [0, 0.1) is 5.41 Å². The number of carbonyl (C=O) groups excluding carboxylic acids is 1. The largest absolute Gasteiger partial charge is 0.396 e. The smallest absolute Gasteiger partial charge is 0.233 e. The van der Waals surface area contributed by atoms with Gasteiger partial charge in [0.25, 0.3) is 0 Å². The molecule has 0 aromatic carbocycles. The molecule has 3 N–H and O–H groups in total. The van der Waals surface area contributed by atoms with Gasteiger partial charge in [0.05, 0.1) is 13.2 Å². The van der Waals surface area contributed by atoms with Crippen molar-refractivity contribution in [2.24, 2.45) is 5.41 Å². The quantitative estimate of drug-likeness (QED) is 0.685. The van der Waals surface area contributed by atoms with Gasteiger partial charge in [0, 0.05) is 18.0 Å². The van der Waals surface area contributed by atoms with E-state index in [1.165, 1.54) is 44.9 Å². The molecule has 0 radical (unpaired) electrons. The summed E-state index contributed by atoms with van der Waals surface area (Å²) in [5.74, 6) is 0.0744. The van der Waals surface area contributed by atoms with Crippen LogP contribution in [0.15, 0.2) is 0 Å². The molecular formula is C15H28N2O2. The molecule has 0 saturated heterocycles. The van der Waals surface area contributed by atoms with Gasteiger partial charge in [-0.15, -0.1) is 0 Å². The zero-order valence-corrected chi connectivity index (χ0v) is 11.9. The van der Waals surface area contributed by atoms with E-state index in [1.54, 1.807) is 0 Å². The summed E-state index contributed by atoms with van der Waals surface area (Å²) in [6.45, 7) is 1.25. The molecule has 2 aliphatic carbocycles. The summed E-state index contributed by atoms with van der Waals surface area (Å²) >= 11 is 0. The van der Waals surface area contributed by atoms with E-state index in [4.69, 9.17) is 0 Å². The van der Waals surface area contributed by atoms with Crippen molar-refractivity contribution in [2.45, 2.75) is 63.8 Å². The molecule has 0 aromatic heterocycles. The first-order valence-corrected chi connectivity index (χ1v) is 7.85. The Kier molecular flexibility index (Phi) is 5.64. The van der Waals surface area contributed by atoms with Crippen molar-refractivity contribution < 1.29 is 9.90 Å². The highest BCUT2D eigenvalue weighted by Crippen LogP contribution is 2.35. The van der Waals surface area contributed by atoms with Crippen molar-refractivity contribution in [2.75, 3.05) is 19.7 Å². The van der Waals surface area contributed by atoms with Gasteiger partial charge in [0.1, 0.15) is 0 Å². The summed E-state index contributed by atoms with van der Waals surface area (Å²) in [7, 11) is 0. The van der Waals surface area contributed by atoms with Crippen LogP contribution in [0.2, 0.25) is 0 Å². The van der Waals surface area contributed by atoms with Crippen molar-refractivity contribution >= 4 is 5.91 Å². The van der Waals surface area contributed by atoms with Gasteiger partial charge in [-0.1, -0.05) is 32.1 Å². The zero-order valence-electron chi connectivity index (χ0n) is 11.9. The first-order valence-electron chi connectivity index (χ1n) is 7.85. The van der Waals surface area contributed by atoms with Gasteiger partial charge in [-0.05, 0) is 25.7 Å². The SMILES string of the molecule is O=C(CNC1CCCC1)NCC1(CO)CCCCC1. The van der Waals surface area contributed by atoms with Crippen molar-refractivity contribution in [3.8, 4) is 0 Å². The van der Waals surface area contributed by atoms with Crippen LogP contribution < -0.4 is 10.6 Å². The predicted octanol–water partition coefficient (Wildman–Crippen LogP) is 1.58. The number of rotatable bonds is 6. The second-order valence-corrected chi connectivity index (χ2v) is 6.36. The highest BCUT2D eigenvalue weighted by atomic mass is 16.3. The number of aliphatic hydroxyl groups excluding tert-OH is 1. The third kappa shape index (κ3) is 4.46. The maximum absolute atomic E-state index is 11.8. The Morgan fingerprint density at radius 3 is 2.42 bits per heavy atom. The van der Waals surface area contributed by atoms with Gasteiger partial charge in [0.2, 0.25) is 5.91 Å². The van der Waals surface area contributed by atoms with E-state index in [0.29, 0.717) is 19.1 Å². The molecule has 2 rings (SSSR count). The predicted molar refractivity (Wildman–Crippen MR) is 75.9 cm³/mol. The van der Waals surface area contributed by atoms with Crippen molar-refractivity contribution in [3.05, 3.63) is 0 Å². The molecule has 0 aromatic rings. The molecule has 0 spiro atoms. The summed E-state index contributed by atoms with van der Waals surface area (Å²) in [6, 6.07) is 0.534. The number of carbonyl (C=O) groups is 1. The lowest BCUT2D eigenvalue weighted by atomic mass is 9.74. The molecule has 110 valence electrons. The topological polar surface area (TPSA) is 61.4 Å². The van der Waals surface area contributed by atoms with Gasteiger partial charge in [0.15, 0.2) is 0 Å². The van der Waals surface area contributed by atoms with Crippen LogP contribution in [0.3, 0.4) is 0 Å². The van der Waals surface area contributed by atoms with Gasteiger partial charge in [-0.3, -0.25) is 4.79 Å².